The smallest absolute Gasteiger partial charge is 0.341 e. The van der Waals surface area contributed by atoms with Crippen LogP contribution >= 0.6 is 23.1 Å². The van der Waals surface area contributed by atoms with E-state index in [-0.39, 0.29) is 23.7 Å². The molecule has 0 saturated carbocycles. The van der Waals surface area contributed by atoms with Gasteiger partial charge in [-0.2, -0.15) is 5.10 Å². The van der Waals surface area contributed by atoms with E-state index in [1.807, 2.05) is 26.1 Å². The molecule has 1 N–H and O–H groups in total. The summed E-state index contributed by atoms with van der Waals surface area (Å²) in [5.41, 5.74) is 2.42. The lowest BCUT2D eigenvalue weighted by atomic mass is 9.88. The van der Waals surface area contributed by atoms with Crippen molar-refractivity contribution in [1.82, 2.24) is 20.0 Å². The number of hydrogen-bond acceptors (Lipinski definition) is 9. The molecule has 0 saturated heterocycles. The zero-order valence-electron chi connectivity index (χ0n) is 19.1. The second-order valence-electron chi connectivity index (χ2n) is 8.13. The number of rotatable bonds is 8. The molecule has 0 radical (unpaired) electrons. The number of nitrogens with zero attached hydrogens (tertiary/aromatic N) is 4. The van der Waals surface area contributed by atoms with Crippen LogP contribution in [0, 0.1) is 12.8 Å². The average Bonchev–Trinajstić information content (AvgIpc) is 3.50. The Morgan fingerprint density at radius 2 is 2.24 bits per heavy atom. The molecule has 33 heavy (non-hydrogen) atoms. The van der Waals surface area contributed by atoms with Crippen LogP contribution in [-0.4, -0.2) is 44.2 Å². The predicted octanol–water partition coefficient (Wildman–Crippen LogP) is 4.28. The highest BCUT2D eigenvalue weighted by molar-refractivity contribution is 7.99. The topological polar surface area (TPSA) is 112 Å². The minimum atomic E-state index is -0.378. The largest absolute Gasteiger partial charge is 0.462 e. The van der Waals surface area contributed by atoms with Gasteiger partial charge in [0.25, 0.3) is 5.22 Å². The SMILES string of the molecule is CCOC(=O)c1c(NC(=O)CSc2nnc([C@@H](C)n3ccc(C)n3)o2)sc2c1CC[C@@H](C)C2. The molecule has 0 unspecified atom stereocenters. The maximum absolute atomic E-state index is 12.7. The van der Waals surface area contributed by atoms with Gasteiger partial charge in [-0.3, -0.25) is 9.48 Å². The molecule has 176 valence electrons. The molecule has 3 heterocycles. The van der Waals surface area contributed by atoms with Crippen LogP contribution in [-0.2, 0) is 22.4 Å². The summed E-state index contributed by atoms with van der Waals surface area (Å²) >= 11 is 2.63. The quantitative estimate of drug-likeness (QED) is 0.369. The number of carbonyl (C=O) groups excluding carboxylic acids is 2. The van der Waals surface area contributed by atoms with Crippen molar-refractivity contribution in [1.29, 1.82) is 0 Å². The minimum Gasteiger partial charge on any atom is -0.462 e. The number of aryl methyl sites for hydroxylation is 1. The van der Waals surface area contributed by atoms with E-state index in [1.54, 1.807) is 11.6 Å². The van der Waals surface area contributed by atoms with Crippen molar-refractivity contribution in [2.45, 2.75) is 58.2 Å². The lowest BCUT2D eigenvalue weighted by Gasteiger charge is -2.18. The molecule has 1 amide bonds. The van der Waals surface area contributed by atoms with Crippen LogP contribution in [0.1, 0.15) is 65.6 Å². The maximum atomic E-state index is 12.7. The van der Waals surface area contributed by atoms with Crippen molar-refractivity contribution in [3.63, 3.8) is 0 Å². The first-order chi connectivity index (χ1) is 15.9. The van der Waals surface area contributed by atoms with Crippen molar-refractivity contribution in [2.24, 2.45) is 5.92 Å². The Kier molecular flexibility index (Phi) is 7.18. The molecule has 4 rings (SSSR count). The fraction of sp³-hybridized carbons (Fsp3) is 0.500. The zero-order valence-corrected chi connectivity index (χ0v) is 20.7. The zero-order chi connectivity index (χ0) is 23.5. The van der Waals surface area contributed by atoms with Gasteiger partial charge in [0, 0.05) is 11.1 Å². The highest BCUT2D eigenvalue weighted by atomic mass is 32.2. The number of fused-ring (bicyclic) bond motifs is 1. The van der Waals surface area contributed by atoms with Crippen LogP contribution in [0.25, 0.3) is 0 Å². The molecule has 0 aromatic carbocycles. The summed E-state index contributed by atoms with van der Waals surface area (Å²) in [6.07, 6.45) is 4.61. The lowest BCUT2D eigenvalue weighted by molar-refractivity contribution is -0.113. The van der Waals surface area contributed by atoms with E-state index in [1.165, 1.54) is 11.3 Å². The summed E-state index contributed by atoms with van der Waals surface area (Å²) in [7, 11) is 0. The Morgan fingerprint density at radius 1 is 1.42 bits per heavy atom. The highest BCUT2D eigenvalue weighted by Gasteiger charge is 2.29. The number of carbonyl (C=O) groups is 2. The van der Waals surface area contributed by atoms with Crippen LogP contribution in [0.3, 0.4) is 0 Å². The van der Waals surface area contributed by atoms with Crippen molar-refractivity contribution in [3.05, 3.63) is 39.9 Å². The summed E-state index contributed by atoms with van der Waals surface area (Å²) in [4.78, 5) is 26.4. The summed E-state index contributed by atoms with van der Waals surface area (Å²) < 4.78 is 12.7. The van der Waals surface area contributed by atoms with Gasteiger partial charge in [0.05, 0.1) is 23.6 Å². The first kappa shape index (κ1) is 23.5. The molecule has 11 heteroatoms. The number of amides is 1. The number of anilines is 1. The number of thioether (sulfide) groups is 1. The molecule has 0 bridgehead atoms. The number of aromatic nitrogens is 4. The Balaban J connectivity index is 1.41. The van der Waals surface area contributed by atoms with E-state index in [4.69, 9.17) is 9.15 Å². The molecule has 9 nitrogen and oxygen atoms in total. The van der Waals surface area contributed by atoms with E-state index in [9.17, 15) is 9.59 Å². The van der Waals surface area contributed by atoms with Crippen LogP contribution in [0.2, 0.25) is 0 Å². The third-order valence-electron chi connectivity index (χ3n) is 5.49. The van der Waals surface area contributed by atoms with Crippen LogP contribution in [0.5, 0.6) is 0 Å². The second kappa shape index (κ2) is 10.1. The molecule has 2 atom stereocenters. The second-order valence-corrected chi connectivity index (χ2v) is 10.2. The number of hydrogen-bond donors (Lipinski definition) is 1. The van der Waals surface area contributed by atoms with Crippen molar-refractivity contribution >= 4 is 40.0 Å². The van der Waals surface area contributed by atoms with Crippen LogP contribution < -0.4 is 5.32 Å². The number of nitrogens with one attached hydrogen (secondary N) is 1. The Morgan fingerprint density at radius 3 is 2.97 bits per heavy atom. The highest BCUT2D eigenvalue weighted by Crippen LogP contribution is 2.40. The van der Waals surface area contributed by atoms with Gasteiger partial charge in [0.15, 0.2) is 0 Å². The van der Waals surface area contributed by atoms with E-state index >= 15 is 0 Å². The molecule has 0 aliphatic heterocycles. The summed E-state index contributed by atoms with van der Waals surface area (Å²) in [5, 5.41) is 16.3. The molecular formula is C22H27N5O4S2. The first-order valence-electron chi connectivity index (χ1n) is 10.9. The fourth-order valence-corrected chi connectivity index (χ4v) is 5.74. The fourth-order valence-electron chi connectivity index (χ4n) is 3.76. The first-order valence-corrected chi connectivity index (χ1v) is 12.7. The van der Waals surface area contributed by atoms with Crippen molar-refractivity contribution in [2.75, 3.05) is 17.7 Å². The summed E-state index contributed by atoms with van der Waals surface area (Å²) in [6, 6.07) is 1.70. The van der Waals surface area contributed by atoms with Crippen LogP contribution in [0.4, 0.5) is 5.00 Å². The van der Waals surface area contributed by atoms with E-state index in [0.717, 1.165) is 47.2 Å². The van der Waals surface area contributed by atoms with Gasteiger partial charge in [-0.1, -0.05) is 18.7 Å². The maximum Gasteiger partial charge on any atom is 0.341 e. The Hall–Kier alpha value is -2.66. The van der Waals surface area contributed by atoms with E-state index in [2.05, 4.69) is 27.5 Å². The average molecular weight is 490 g/mol. The predicted molar refractivity (Wildman–Crippen MR) is 126 cm³/mol. The Bertz CT molecular complexity index is 1150. The summed E-state index contributed by atoms with van der Waals surface area (Å²) in [6.45, 7) is 8.10. The molecule has 1 aliphatic rings. The van der Waals surface area contributed by atoms with Gasteiger partial charge >= 0.3 is 5.97 Å². The third-order valence-corrected chi connectivity index (χ3v) is 7.48. The normalized spacial score (nSPS) is 16.3. The third kappa shape index (κ3) is 5.30. The van der Waals surface area contributed by atoms with Gasteiger partial charge in [0.2, 0.25) is 11.8 Å². The number of esters is 1. The monoisotopic (exact) mass is 489 g/mol. The van der Waals surface area contributed by atoms with Gasteiger partial charge < -0.3 is 14.5 Å². The van der Waals surface area contributed by atoms with Gasteiger partial charge in [-0.15, -0.1) is 21.5 Å². The number of thiophene rings is 1. The minimum absolute atomic E-state index is 0.0815. The summed E-state index contributed by atoms with van der Waals surface area (Å²) in [5.74, 6) is 0.443. The van der Waals surface area contributed by atoms with Gasteiger partial charge in [0.1, 0.15) is 11.0 Å². The van der Waals surface area contributed by atoms with Gasteiger partial charge in [-0.25, -0.2) is 4.79 Å². The standard InChI is InChI=1S/C22H27N5O4S2/c1-5-30-21(29)18-15-7-6-12(2)10-16(15)33-20(18)23-17(28)11-32-22-25-24-19(31-22)14(4)27-9-8-13(3)26-27/h8-9,12,14H,5-7,10-11H2,1-4H3,(H,23,28)/t12-,14-/m1/s1. The van der Waals surface area contributed by atoms with Crippen LogP contribution in [0.15, 0.2) is 21.9 Å². The number of ether oxygens (including phenoxy) is 1. The molecule has 3 aromatic rings. The van der Waals surface area contributed by atoms with Crippen molar-refractivity contribution in [3.8, 4) is 0 Å². The molecular weight excluding hydrogens is 462 g/mol. The van der Waals surface area contributed by atoms with Crippen molar-refractivity contribution < 1.29 is 18.7 Å². The Labute approximate surface area is 200 Å². The van der Waals surface area contributed by atoms with Gasteiger partial charge in [-0.05, 0) is 57.6 Å². The van der Waals surface area contributed by atoms with E-state index < -0.39 is 0 Å². The van der Waals surface area contributed by atoms with E-state index in [0.29, 0.717) is 34.2 Å². The lowest BCUT2D eigenvalue weighted by Crippen LogP contribution is -2.17. The molecule has 3 aromatic heterocycles. The molecule has 0 fully saturated rings. The molecule has 0 spiro atoms. The molecule has 1 aliphatic carbocycles.